The second kappa shape index (κ2) is 9.14. The number of benzene rings is 1. The van der Waals surface area contributed by atoms with E-state index in [0.29, 0.717) is 24.1 Å². The average molecular weight is 402 g/mol. The van der Waals surface area contributed by atoms with Crippen LogP contribution in [0.2, 0.25) is 0 Å². The summed E-state index contributed by atoms with van der Waals surface area (Å²) in [4.78, 5) is 28.1. The largest absolute Gasteiger partial charge is 0.331 e. The van der Waals surface area contributed by atoms with Gasteiger partial charge in [-0.05, 0) is 24.3 Å². The van der Waals surface area contributed by atoms with Crippen molar-refractivity contribution in [2.45, 2.75) is 32.1 Å². The van der Waals surface area contributed by atoms with Crippen LogP contribution in [0.1, 0.15) is 36.3 Å². The maximum Gasteiger partial charge on any atom is 0.319 e. The lowest BCUT2D eigenvalue weighted by atomic mass is 9.97. The van der Waals surface area contributed by atoms with Crippen molar-refractivity contribution in [1.82, 2.24) is 20.0 Å². The quantitative estimate of drug-likeness (QED) is 0.834. The molecule has 7 nitrogen and oxygen atoms in total. The molecule has 8 heteroatoms. The summed E-state index contributed by atoms with van der Waals surface area (Å²) in [5.41, 5.74) is 1.26. The molecule has 0 spiro atoms. The summed E-state index contributed by atoms with van der Waals surface area (Å²) < 4.78 is 0. The molecule has 1 fully saturated rings. The van der Waals surface area contributed by atoms with Crippen LogP contribution in [-0.2, 0) is 11.2 Å². The van der Waals surface area contributed by atoms with E-state index in [0.717, 1.165) is 24.3 Å². The lowest BCUT2D eigenvalue weighted by Gasteiger charge is -2.33. The van der Waals surface area contributed by atoms with Gasteiger partial charge in [0.2, 0.25) is 11.0 Å². The van der Waals surface area contributed by atoms with E-state index >= 15 is 0 Å². The Kier molecular flexibility index (Phi) is 6.61. The predicted molar refractivity (Wildman–Crippen MR) is 110 cm³/mol. The molecule has 0 radical (unpaired) electrons. The summed E-state index contributed by atoms with van der Waals surface area (Å²) in [6, 6.07) is 10.2. The van der Waals surface area contributed by atoms with Crippen LogP contribution in [0, 0.1) is 5.92 Å². The van der Waals surface area contributed by atoms with Crippen LogP contribution in [0.15, 0.2) is 30.3 Å². The highest BCUT2D eigenvalue weighted by atomic mass is 32.1. The van der Waals surface area contributed by atoms with E-state index in [4.69, 9.17) is 0 Å². The first-order valence-electron chi connectivity index (χ1n) is 9.58. The minimum absolute atomic E-state index is 0.0504. The summed E-state index contributed by atoms with van der Waals surface area (Å²) in [5, 5.41) is 12.7. The van der Waals surface area contributed by atoms with Gasteiger partial charge in [0.25, 0.3) is 0 Å². The fourth-order valence-corrected chi connectivity index (χ4v) is 4.27. The fraction of sp³-hybridized carbons (Fsp3) is 0.500. The number of urea groups is 1. The van der Waals surface area contributed by atoms with Gasteiger partial charge in [0, 0.05) is 33.6 Å². The van der Waals surface area contributed by atoms with E-state index in [1.807, 2.05) is 18.2 Å². The summed E-state index contributed by atoms with van der Waals surface area (Å²) in [6.45, 7) is 3.30. The molecule has 1 aromatic heterocycles. The maximum atomic E-state index is 12.6. The molecule has 1 aliphatic rings. The molecule has 1 aromatic carbocycles. The van der Waals surface area contributed by atoms with Gasteiger partial charge in [-0.1, -0.05) is 48.6 Å². The molecule has 3 amide bonds. The Labute approximate surface area is 169 Å². The molecule has 1 aliphatic heterocycles. The number of nitrogens with one attached hydrogen (secondary N) is 1. The Morgan fingerprint density at radius 1 is 1.29 bits per heavy atom. The Morgan fingerprint density at radius 3 is 2.75 bits per heavy atom. The van der Waals surface area contributed by atoms with Gasteiger partial charge in [-0.25, -0.2) is 4.79 Å². The van der Waals surface area contributed by atoms with Gasteiger partial charge >= 0.3 is 6.03 Å². The summed E-state index contributed by atoms with van der Waals surface area (Å²) >= 11 is 1.42. The van der Waals surface area contributed by atoms with Gasteiger partial charge < -0.3 is 15.1 Å². The van der Waals surface area contributed by atoms with Gasteiger partial charge in [0.05, 0.1) is 5.92 Å². The topological polar surface area (TPSA) is 78.4 Å². The molecule has 0 unspecified atom stereocenters. The highest BCUT2D eigenvalue weighted by Crippen LogP contribution is 2.25. The zero-order valence-electron chi connectivity index (χ0n) is 16.6. The van der Waals surface area contributed by atoms with E-state index in [2.05, 4.69) is 34.6 Å². The molecule has 2 aromatic rings. The number of carbonyl (C=O) groups is 2. The number of amides is 3. The number of anilines is 1. The third-order valence-electron chi connectivity index (χ3n) is 4.99. The number of likely N-dealkylation sites (tertiary alicyclic amines) is 1. The Hall–Kier alpha value is -2.48. The normalized spacial score (nSPS) is 17.8. The molecule has 1 N–H and O–H groups in total. The third kappa shape index (κ3) is 5.07. The number of nitrogens with zero attached hydrogens (tertiary/aromatic N) is 4. The second-order valence-electron chi connectivity index (χ2n) is 7.47. The van der Waals surface area contributed by atoms with Crippen molar-refractivity contribution in [3.63, 3.8) is 0 Å². The van der Waals surface area contributed by atoms with Gasteiger partial charge in [0.1, 0.15) is 5.01 Å². The minimum Gasteiger partial charge on any atom is -0.331 e. The molecule has 0 bridgehead atoms. The second-order valence-corrected chi connectivity index (χ2v) is 8.53. The molecule has 0 aliphatic carbocycles. The van der Waals surface area contributed by atoms with Crippen molar-refractivity contribution in [3.8, 4) is 0 Å². The van der Waals surface area contributed by atoms with Crippen LogP contribution in [-0.4, -0.2) is 59.1 Å². The molecule has 2 heterocycles. The molecule has 28 heavy (non-hydrogen) atoms. The Balaban J connectivity index is 1.55. The first-order chi connectivity index (χ1) is 13.4. The van der Waals surface area contributed by atoms with Gasteiger partial charge in [-0.2, -0.15) is 0 Å². The highest BCUT2D eigenvalue weighted by molar-refractivity contribution is 7.15. The lowest BCUT2D eigenvalue weighted by molar-refractivity contribution is -0.121. The SMILES string of the molecule is C[C@H](Cc1nnc(NC(=O)[C@@H]2CCCN(C(=O)N(C)C)C2)s1)c1ccccc1. The highest BCUT2D eigenvalue weighted by Gasteiger charge is 2.29. The van der Waals surface area contributed by atoms with Gasteiger partial charge in [-0.15, -0.1) is 10.2 Å². The number of carbonyl (C=O) groups excluding carboxylic acids is 2. The van der Waals surface area contributed by atoms with Crippen LogP contribution in [0.3, 0.4) is 0 Å². The summed E-state index contributed by atoms with van der Waals surface area (Å²) in [6.07, 6.45) is 2.39. The van der Waals surface area contributed by atoms with Crippen LogP contribution < -0.4 is 5.32 Å². The molecule has 2 atom stereocenters. The monoisotopic (exact) mass is 401 g/mol. The number of aromatic nitrogens is 2. The van der Waals surface area contributed by atoms with Gasteiger partial charge in [-0.3, -0.25) is 4.79 Å². The first kappa shape index (κ1) is 20.3. The fourth-order valence-electron chi connectivity index (χ4n) is 3.40. The molecule has 0 saturated carbocycles. The summed E-state index contributed by atoms with van der Waals surface area (Å²) in [5.74, 6) is 0.0324. The molecular formula is C20H27N5O2S. The van der Waals surface area contributed by atoms with Crippen LogP contribution in [0.25, 0.3) is 0 Å². The van der Waals surface area contributed by atoms with Crippen molar-refractivity contribution in [1.29, 1.82) is 0 Å². The number of piperidine rings is 1. The van der Waals surface area contributed by atoms with Crippen LogP contribution in [0.5, 0.6) is 0 Å². The van der Waals surface area contributed by atoms with Crippen molar-refractivity contribution < 1.29 is 9.59 Å². The Morgan fingerprint density at radius 2 is 2.04 bits per heavy atom. The van der Waals surface area contributed by atoms with Crippen molar-refractivity contribution >= 4 is 28.4 Å². The van der Waals surface area contributed by atoms with Crippen molar-refractivity contribution in [2.24, 2.45) is 5.92 Å². The van der Waals surface area contributed by atoms with Crippen molar-refractivity contribution in [2.75, 3.05) is 32.5 Å². The molecule has 3 rings (SSSR count). The zero-order chi connectivity index (χ0) is 20.1. The van der Waals surface area contributed by atoms with Crippen molar-refractivity contribution in [3.05, 3.63) is 40.9 Å². The Bertz CT molecular complexity index is 808. The number of rotatable bonds is 5. The lowest BCUT2D eigenvalue weighted by Crippen LogP contribution is -2.47. The van der Waals surface area contributed by atoms with E-state index in [-0.39, 0.29) is 17.9 Å². The zero-order valence-corrected chi connectivity index (χ0v) is 17.4. The number of hydrogen-bond donors (Lipinski definition) is 1. The van der Waals surface area contributed by atoms with E-state index in [9.17, 15) is 9.59 Å². The van der Waals surface area contributed by atoms with Gasteiger partial charge in [0.15, 0.2) is 0 Å². The predicted octanol–water partition coefficient (Wildman–Crippen LogP) is 3.22. The first-order valence-corrected chi connectivity index (χ1v) is 10.4. The summed E-state index contributed by atoms with van der Waals surface area (Å²) in [7, 11) is 3.45. The third-order valence-corrected chi connectivity index (χ3v) is 5.85. The smallest absolute Gasteiger partial charge is 0.319 e. The van der Waals surface area contributed by atoms with Crippen LogP contribution in [0.4, 0.5) is 9.93 Å². The minimum atomic E-state index is -0.215. The molecular weight excluding hydrogens is 374 g/mol. The molecule has 1 saturated heterocycles. The number of hydrogen-bond acceptors (Lipinski definition) is 5. The maximum absolute atomic E-state index is 12.6. The van der Waals surface area contributed by atoms with Crippen LogP contribution >= 0.6 is 11.3 Å². The molecule has 150 valence electrons. The van der Waals surface area contributed by atoms with E-state index < -0.39 is 0 Å². The standard InChI is InChI=1S/C20H27N5O2S/c1-14(15-8-5-4-6-9-15)12-17-22-23-19(28-17)21-18(26)16-10-7-11-25(13-16)20(27)24(2)3/h4-6,8-9,14,16H,7,10-13H2,1-3H3,(H,21,23,26)/t14-,16-/m1/s1. The average Bonchev–Trinajstić information content (AvgIpc) is 3.14. The van der Waals surface area contributed by atoms with E-state index in [1.165, 1.54) is 16.9 Å². The van der Waals surface area contributed by atoms with E-state index in [1.54, 1.807) is 23.9 Å².